The van der Waals surface area contributed by atoms with Gasteiger partial charge in [0.05, 0.1) is 0 Å². The second-order valence-corrected chi connectivity index (χ2v) is 8.61. The second-order valence-electron chi connectivity index (χ2n) is 8.61. The number of carbonyl (C=O) groups is 1. The maximum Gasteiger partial charge on any atom is 0.295 e. The molecule has 0 radical (unpaired) electrons. The first-order chi connectivity index (χ1) is 13.8. The van der Waals surface area contributed by atoms with E-state index in [9.17, 15) is 4.79 Å². The highest BCUT2D eigenvalue weighted by Gasteiger charge is 2.35. The van der Waals surface area contributed by atoms with Gasteiger partial charge < -0.3 is 13.9 Å². The predicted octanol–water partition coefficient (Wildman–Crippen LogP) is 4.71. The van der Waals surface area contributed by atoms with Crippen LogP contribution in [0.3, 0.4) is 0 Å². The van der Waals surface area contributed by atoms with Crippen LogP contribution >= 0.6 is 0 Å². The number of nitrogens with zero attached hydrogens (tertiary/aromatic N) is 4. The van der Waals surface area contributed by atoms with Crippen molar-refractivity contribution >= 4 is 5.91 Å². The summed E-state index contributed by atoms with van der Waals surface area (Å²) in [7, 11) is 0. The summed E-state index contributed by atoms with van der Waals surface area (Å²) in [6.45, 7) is 0. The molecule has 0 atom stereocenters. The average molecular weight is 384 g/mol. The molecule has 0 aliphatic heterocycles. The van der Waals surface area contributed by atoms with Gasteiger partial charge in [0, 0.05) is 24.1 Å². The molecular formula is C21H28N4O3. The van der Waals surface area contributed by atoms with Crippen molar-refractivity contribution in [1.29, 1.82) is 0 Å². The summed E-state index contributed by atoms with van der Waals surface area (Å²) in [6.07, 6.45) is 13.9. The van der Waals surface area contributed by atoms with Crippen LogP contribution in [0.1, 0.15) is 99.3 Å². The monoisotopic (exact) mass is 384 g/mol. The van der Waals surface area contributed by atoms with Crippen LogP contribution in [-0.2, 0) is 0 Å². The highest BCUT2D eigenvalue weighted by atomic mass is 16.5. The molecule has 2 aromatic heterocycles. The van der Waals surface area contributed by atoms with Crippen LogP contribution in [0.4, 0.5) is 0 Å². The third kappa shape index (κ3) is 3.59. The van der Waals surface area contributed by atoms with Gasteiger partial charge in [0.15, 0.2) is 5.69 Å². The molecule has 3 fully saturated rings. The first-order valence-electron chi connectivity index (χ1n) is 10.9. The molecule has 1 amide bonds. The van der Waals surface area contributed by atoms with Crippen molar-refractivity contribution < 1.29 is 13.8 Å². The minimum Gasteiger partial charge on any atom is -0.360 e. The minimum absolute atomic E-state index is 0.0836. The summed E-state index contributed by atoms with van der Waals surface area (Å²) >= 11 is 0. The van der Waals surface area contributed by atoms with Gasteiger partial charge in [-0.1, -0.05) is 48.8 Å². The van der Waals surface area contributed by atoms with E-state index in [4.69, 9.17) is 9.05 Å². The maximum atomic E-state index is 13.4. The topological polar surface area (TPSA) is 85.3 Å². The van der Waals surface area contributed by atoms with Crippen molar-refractivity contribution in [3.63, 3.8) is 0 Å². The molecule has 7 nitrogen and oxygen atoms in total. The molecule has 7 heteroatoms. The zero-order valence-electron chi connectivity index (χ0n) is 16.3. The van der Waals surface area contributed by atoms with Crippen LogP contribution in [0.15, 0.2) is 15.1 Å². The lowest BCUT2D eigenvalue weighted by Gasteiger charge is -2.41. The number of hydrogen-bond acceptors (Lipinski definition) is 6. The molecular weight excluding hydrogens is 356 g/mol. The Morgan fingerprint density at radius 1 is 0.857 bits per heavy atom. The summed E-state index contributed by atoms with van der Waals surface area (Å²) in [6, 6.07) is 2.47. The molecule has 5 rings (SSSR count). The van der Waals surface area contributed by atoms with Crippen molar-refractivity contribution in [3.8, 4) is 11.6 Å². The Morgan fingerprint density at radius 2 is 1.50 bits per heavy atom. The molecule has 0 spiro atoms. The van der Waals surface area contributed by atoms with E-state index in [0.29, 0.717) is 23.7 Å². The lowest BCUT2D eigenvalue weighted by Crippen LogP contribution is -2.49. The van der Waals surface area contributed by atoms with E-state index in [0.717, 1.165) is 44.3 Å². The Hall–Kier alpha value is -2.18. The quantitative estimate of drug-likeness (QED) is 0.742. The fourth-order valence-corrected chi connectivity index (χ4v) is 4.83. The normalized spacial score (nSPS) is 21.7. The van der Waals surface area contributed by atoms with E-state index in [1.807, 2.05) is 6.07 Å². The van der Waals surface area contributed by atoms with Gasteiger partial charge in [-0.05, 0) is 38.5 Å². The van der Waals surface area contributed by atoms with E-state index in [1.165, 1.54) is 38.5 Å². The van der Waals surface area contributed by atoms with Gasteiger partial charge in [0.25, 0.3) is 17.6 Å². The third-order valence-corrected chi connectivity index (χ3v) is 6.52. The molecule has 3 aliphatic rings. The van der Waals surface area contributed by atoms with Gasteiger partial charge in [0.1, 0.15) is 5.76 Å². The van der Waals surface area contributed by atoms with E-state index in [-0.39, 0.29) is 17.6 Å². The lowest BCUT2D eigenvalue weighted by molar-refractivity contribution is 0.0433. The molecule has 0 aromatic carbocycles. The van der Waals surface area contributed by atoms with Crippen LogP contribution in [-0.4, -0.2) is 38.2 Å². The van der Waals surface area contributed by atoms with Crippen molar-refractivity contribution in [2.45, 2.75) is 95.1 Å². The van der Waals surface area contributed by atoms with Gasteiger partial charge in [-0.15, -0.1) is 0 Å². The summed E-state index contributed by atoms with van der Waals surface area (Å²) < 4.78 is 10.8. The Balaban J connectivity index is 1.37. The fourth-order valence-electron chi connectivity index (χ4n) is 4.83. The van der Waals surface area contributed by atoms with Crippen molar-refractivity contribution in [2.24, 2.45) is 0 Å². The van der Waals surface area contributed by atoms with Gasteiger partial charge in [-0.25, -0.2) is 0 Å². The Morgan fingerprint density at radius 3 is 2.11 bits per heavy atom. The molecule has 0 saturated heterocycles. The number of aromatic nitrogens is 3. The number of amides is 1. The van der Waals surface area contributed by atoms with Crippen LogP contribution in [0.5, 0.6) is 0 Å². The number of carbonyl (C=O) groups excluding carboxylic acids is 1. The Labute approximate surface area is 164 Å². The average Bonchev–Trinajstić information content (AvgIpc) is 3.27. The first-order valence-corrected chi connectivity index (χ1v) is 10.9. The van der Waals surface area contributed by atoms with E-state index < -0.39 is 0 Å². The lowest BCUT2D eigenvalue weighted by atomic mass is 9.88. The minimum atomic E-state index is -0.0836. The summed E-state index contributed by atoms with van der Waals surface area (Å²) in [5.74, 6) is 1.68. The molecule has 0 N–H and O–H groups in total. The van der Waals surface area contributed by atoms with Crippen molar-refractivity contribution in [3.05, 3.63) is 17.7 Å². The van der Waals surface area contributed by atoms with E-state index in [2.05, 4.69) is 20.2 Å². The van der Waals surface area contributed by atoms with Gasteiger partial charge in [-0.2, -0.15) is 4.98 Å². The summed E-state index contributed by atoms with van der Waals surface area (Å²) in [5, 5.41) is 8.06. The third-order valence-electron chi connectivity index (χ3n) is 6.52. The molecule has 150 valence electrons. The summed E-state index contributed by atoms with van der Waals surface area (Å²) in [5.41, 5.74) is 0.523. The fraction of sp³-hybridized carbons (Fsp3) is 0.714. The van der Waals surface area contributed by atoms with Crippen LogP contribution in [0, 0.1) is 0 Å². The molecule has 2 aromatic rings. The highest BCUT2D eigenvalue weighted by molar-refractivity contribution is 5.91. The van der Waals surface area contributed by atoms with E-state index >= 15 is 0 Å². The Kier molecular flexibility index (Phi) is 4.91. The Bertz CT molecular complexity index is 795. The zero-order valence-corrected chi connectivity index (χ0v) is 16.3. The van der Waals surface area contributed by atoms with E-state index in [1.54, 1.807) is 0 Å². The SMILES string of the molecule is O=C(c1noc(-c2cc(C3CC3)on2)n1)N(C1CCCCC1)C1CCCCC1. The number of hydrogen-bond donors (Lipinski definition) is 0. The molecule has 3 saturated carbocycles. The number of rotatable bonds is 5. The van der Waals surface area contributed by atoms with Gasteiger partial charge in [-0.3, -0.25) is 4.79 Å². The van der Waals surface area contributed by atoms with Gasteiger partial charge >= 0.3 is 0 Å². The predicted molar refractivity (Wildman–Crippen MR) is 102 cm³/mol. The standard InChI is InChI=1S/C21H28N4O3/c26-21(25(15-7-3-1-4-8-15)16-9-5-2-6-10-16)19-22-20(28-24-19)17-13-18(27-23-17)14-11-12-14/h13-16H,1-12H2. The van der Waals surface area contributed by atoms with Crippen molar-refractivity contribution in [2.75, 3.05) is 0 Å². The second kappa shape index (κ2) is 7.68. The first kappa shape index (κ1) is 17.9. The van der Waals surface area contributed by atoms with Gasteiger partial charge in [0.2, 0.25) is 0 Å². The molecule has 0 bridgehead atoms. The smallest absolute Gasteiger partial charge is 0.295 e. The van der Waals surface area contributed by atoms with Crippen molar-refractivity contribution in [1.82, 2.24) is 20.2 Å². The summed E-state index contributed by atoms with van der Waals surface area (Å²) in [4.78, 5) is 19.9. The van der Waals surface area contributed by atoms with Crippen LogP contribution in [0.2, 0.25) is 0 Å². The molecule has 2 heterocycles. The molecule has 28 heavy (non-hydrogen) atoms. The maximum absolute atomic E-state index is 13.4. The largest absolute Gasteiger partial charge is 0.360 e. The molecule has 0 unspecified atom stereocenters. The zero-order chi connectivity index (χ0) is 18.9. The highest BCUT2D eigenvalue weighted by Crippen LogP contribution is 2.41. The van der Waals surface area contributed by atoms with Crippen LogP contribution in [0.25, 0.3) is 11.6 Å². The van der Waals surface area contributed by atoms with Crippen LogP contribution < -0.4 is 0 Å². The molecule has 3 aliphatic carbocycles.